The molecule has 2 rings (SSSR count). The van der Waals surface area contributed by atoms with E-state index >= 15 is 0 Å². The van der Waals surface area contributed by atoms with Gasteiger partial charge in [0.15, 0.2) is 5.78 Å². The first-order valence-corrected chi connectivity index (χ1v) is 6.57. The smallest absolute Gasteiger partial charge is 0.163 e. The molecule has 3 heteroatoms. The molecule has 0 atom stereocenters. The topological polar surface area (TPSA) is 29.5 Å². The van der Waals surface area contributed by atoms with Crippen LogP contribution in [-0.4, -0.2) is 19.9 Å². The number of benzene rings is 2. The minimum atomic E-state index is 0.0163. The number of rotatable bonds is 5. The Morgan fingerprint density at radius 3 is 2.55 bits per heavy atom. The summed E-state index contributed by atoms with van der Waals surface area (Å²) in [6, 6.07) is 15.5. The fourth-order valence-corrected chi connectivity index (χ4v) is 1.97. The average molecular weight is 269 g/mol. The lowest BCUT2D eigenvalue weighted by atomic mass is 10.1. The number of ether oxygens (including phenoxy) is 1. The summed E-state index contributed by atoms with van der Waals surface area (Å²) >= 11 is 0. The van der Waals surface area contributed by atoms with E-state index in [2.05, 4.69) is 6.07 Å². The maximum atomic E-state index is 11.5. The molecule has 3 nitrogen and oxygen atoms in total. The summed E-state index contributed by atoms with van der Waals surface area (Å²) in [6.45, 7) is 2.00. The number of carbonyl (C=O) groups excluding carboxylic acids is 1. The molecule has 0 heterocycles. The molecule has 0 aliphatic heterocycles. The van der Waals surface area contributed by atoms with Crippen molar-refractivity contribution in [3.8, 4) is 5.75 Å². The molecule has 0 N–H and O–H groups in total. The first-order valence-electron chi connectivity index (χ1n) is 6.57. The Bertz CT molecular complexity index is 605. The van der Waals surface area contributed by atoms with Crippen molar-refractivity contribution in [2.75, 3.05) is 19.0 Å². The Kier molecular flexibility index (Phi) is 4.41. The molecule has 2 aromatic carbocycles. The number of hydrogen-bond donors (Lipinski definition) is 0. The summed E-state index contributed by atoms with van der Waals surface area (Å²) < 4.78 is 5.78. The highest BCUT2D eigenvalue weighted by Gasteiger charge is 2.07. The zero-order valence-corrected chi connectivity index (χ0v) is 12.1. The van der Waals surface area contributed by atoms with E-state index < -0.39 is 0 Å². The Morgan fingerprint density at radius 2 is 1.85 bits per heavy atom. The zero-order chi connectivity index (χ0) is 14.5. The molecule has 2 aromatic rings. The van der Waals surface area contributed by atoms with Gasteiger partial charge < -0.3 is 9.64 Å². The van der Waals surface area contributed by atoms with Crippen LogP contribution in [-0.2, 0) is 6.61 Å². The Morgan fingerprint density at radius 1 is 1.10 bits per heavy atom. The van der Waals surface area contributed by atoms with Crippen molar-refractivity contribution in [2.45, 2.75) is 13.5 Å². The maximum absolute atomic E-state index is 11.5. The van der Waals surface area contributed by atoms with Gasteiger partial charge in [0.2, 0.25) is 0 Å². The Balaban J connectivity index is 2.13. The van der Waals surface area contributed by atoms with Crippen LogP contribution in [0.3, 0.4) is 0 Å². The normalized spacial score (nSPS) is 10.2. The van der Waals surface area contributed by atoms with Crippen molar-refractivity contribution in [2.24, 2.45) is 0 Å². The SMILES string of the molecule is CC(=O)c1ccccc1OCc1cccc(N(C)C)c1. The monoisotopic (exact) mass is 269 g/mol. The number of anilines is 1. The summed E-state index contributed by atoms with van der Waals surface area (Å²) in [4.78, 5) is 13.6. The third-order valence-electron chi connectivity index (χ3n) is 3.09. The van der Waals surface area contributed by atoms with Crippen LogP contribution < -0.4 is 9.64 Å². The van der Waals surface area contributed by atoms with Crippen molar-refractivity contribution >= 4 is 11.5 Å². The van der Waals surface area contributed by atoms with Crippen LogP contribution >= 0.6 is 0 Å². The standard InChI is InChI=1S/C17H19NO2/c1-13(19)16-9-4-5-10-17(16)20-12-14-7-6-8-15(11-14)18(2)3/h4-11H,12H2,1-3H3. The third kappa shape index (κ3) is 3.38. The molecule has 0 fully saturated rings. The van der Waals surface area contributed by atoms with Crippen molar-refractivity contribution < 1.29 is 9.53 Å². The van der Waals surface area contributed by atoms with Crippen LogP contribution in [0.5, 0.6) is 5.75 Å². The van der Waals surface area contributed by atoms with E-state index in [4.69, 9.17) is 4.74 Å². The highest BCUT2D eigenvalue weighted by Crippen LogP contribution is 2.21. The number of nitrogens with zero attached hydrogens (tertiary/aromatic N) is 1. The van der Waals surface area contributed by atoms with E-state index in [9.17, 15) is 4.79 Å². The highest BCUT2D eigenvalue weighted by molar-refractivity contribution is 5.96. The van der Waals surface area contributed by atoms with Gasteiger partial charge in [0.05, 0.1) is 5.56 Å². The second-order valence-corrected chi connectivity index (χ2v) is 4.91. The van der Waals surface area contributed by atoms with Gasteiger partial charge in [-0.05, 0) is 36.8 Å². The van der Waals surface area contributed by atoms with E-state index in [0.717, 1.165) is 11.3 Å². The van der Waals surface area contributed by atoms with Gasteiger partial charge in [-0.3, -0.25) is 4.79 Å². The van der Waals surface area contributed by atoms with Crippen LogP contribution in [0.25, 0.3) is 0 Å². The van der Waals surface area contributed by atoms with E-state index in [1.54, 1.807) is 13.0 Å². The molecule has 0 radical (unpaired) electrons. The van der Waals surface area contributed by atoms with Gasteiger partial charge in [-0.2, -0.15) is 0 Å². The number of ketones is 1. The van der Waals surface area contributed by atoms with Crippen molar-refractivity contribution in [1.29, 1.82) is 0 Å². The van der Waals surface area contributed by atoms with Crippen LogP contribution in [0.15, 0.2) is 48.5 Å². The Labute approximate surface area is 119 Å². The molecule has 0 aliphatic rings. The summed E-state index contributed by atoms with van der Waals surface area (Å²) in [5.74, 6) is 0.651. The first kappa shape index (κ1) is 14.1. The molecule has 20 heavy (non-hydrogen) atoms. The van der Waals surface area contributed by atoms with Crippen LogP contribution in [0.4, 0.5) is 5.69 Å². The number of para-hydroxylation sites is 1. The minimum absolute atomic E-state index is 0.0163. The summed E-state index contributed by atoms with van der Waals surface area (Å²) in [5.41, 5.74) is 2.83. The average Bonchev–Trinajstić information content (AvgIpc) is 2.45. The minimum Gasteiger partial charge on any atom is -0.488 e. The fourth-order valence-electron chi connectivity index (χ4n) is 1.97. The molecule has 0 saturated heterocycles. The van der Waals surface area contributed by atoms with Gasteiger partial charge >= 0.3 is 0 Å². The van der Waals surface area contributed by atoms with E-state index in [1.807, 2.05) is 55.4 Å². The van der Waals surface area contributed by atoms with Gasteiger partial charge in [-0.15, -0.1) is 0 Å². The van der Waals surface area contributed by atoms with Gasteiger partial charge in [0.1, 0.15) is 12.4 Å². The molecule has 0 aliphatic carbocycles. The molecule has 104 valence electrons. The second kappa shape index (κ2) is 6.24. The lowest BCUT2D eigenvalue weighted by Crippen LogP contribution is -2.09. The van der Waals surface area contributed by atoms with Crippen LogP contribution in [0, 0.1) is 0 Å². The zero-order valence-electron chi connectivity index (χ0n) is 12.1. The van der Waals surface area contributed by atoms with Crippen LogP contribution in [0.2, 0.25) is 0 Å². The number of Topliss-reactive ketones (excluding diaryl/α,β-unsaturated/α-hetero) is 1. The van der Waals surface area contributed by atoms with Gasteiger partial charge in [0.25, 0.3) is 0 Å². The first-order chi connectivity index (χ1) is 9.58. The number of hydrogen-bond acceptors (Lipinski definition) is 3. The second-order valence-electron chi connectivity index (χ2n) is 4.91. The van der Waals surface area contributed by atoms with Crippen molar-refractivity contribution in [3.05, 3.63) is 59.7 Å². The largest absolute Gasteiger partial charge is 0.488 e. The molecule has 0 amide bonds. The molecule has 0 spiro atoms. The molecular formula is C17H19NO2. The van der Waals surface area contributed by atoms with Gasteiger partial charge in [0, 0.05) is 19.8 Å². The summed E-state index contributed by atoms with van der Waals surface area (Å²) in [6.07, 6.45) is 0. The van der Waals surface area contributed by atoms with Crippen molar-refractivity contribution in [3.63, 3.8) is 0 Å². The quantitative estimate of drug-likeness (QED) is 0.778. The van der Waals surface area contributed by atoms with Gasteiger partial charge in [-0.1, -0.05) is 24.3 Å². The summed E-state index contributed by atoms with van der Waals surface area (Å²) in [5, 5.41) is 0. The molecule has 0 aromatic heterocycles. The van der Waals surface area contributed by atoms with E-state index in [-0.39, 0.29) is 5.78 Å². The summed E-state index contributed by atoms with van der Waals surface area (Å²) in [7, 11) is 4.01. The van der Waals surface area contributed by atoms with Crippen molar-refractivity contribution in [1.82, 2.24) is 0 Å². The highest BCUT2D eigenvalue weighted by atomic mass is 16.5. The predicted octanol–water partition coefficient (Wildman–Crippen LogP) is 3.53. The molecular weight excluding hydrogens is 250 g/mol. The molecule has 0 saturated carbocycles. The molecule has 0 bridgehead atoms. The molecule has 0 unspecified atom stereocenters. The maximum Gasteiger partial charge on any atom is 0.163 e. The fraction of sp³-hybridized carbons (Fsp3) is 0.235. The third-order valence-corrected chi connectivity index (χ3v) is 3.09. The van der Waals surface area contributed by atoms with E-state index in [1.165, 1.54) is 0 Å². The Hall–Kier alpha value is -2.29. The van der Waals surface area contributed by atoms with Gasteiger partial charge in [-0.25, -0.2) is 0 Å². The van der Waals surface area contributed by atoms with E-state index in [0.29, 0.717) is 17.9 Å². The van der Waals surface area contributed by atoms with Crippen LogP contribution in [0.1, 0.15) is 22.8 Å². The predicted molar refractivity (Wildman–Crippen MR) is 81.5 cm³/mol. The lowest BCUT2D eigenvalue weighted by molar-refractivity contribution is 0.101. The number of carbonyl (C=O) groups is 1. The lowest BCUT2D eigenvalue weighted by Gasteiger charge is -2.14.